The molecule has 5 rings (SSSR count). The normalized spacial score (nSPS) is 11.1. The molecule has 2 heteroatoms. The fourth-order valence-electron chi connectivity index (χ4n) is 3.63. The van der Waals surface area contributed by atoms with E-state index < -0.39 is 0 Å². The molecule has 0 aliphatic carbocycles. The molecule has 0 N–H and O–H groups in total. The van der Waals surface area contributed by atoms with Crippen LogP contribution < -0.4 is 0 Å². The molecule has 4 aromatic carbocycles. The Kier molecular flexibility index (Phi) is 3.46. The maximum Gasteiger partial charge on any atom is 0.101 e. The number of benzene rings is 4. The zero-order chi connectivity index (χ0) is 17.3. The van der Waals surface area contributed by atoms with E-state index in [1.54, 1.807) is 6.20 Å². The molecule has 0 radical (unpaired) electrons. The van der Waals surface area contributed by atoms with E-state index in [0.717, 1.165) is 16.3 Å². The standard InChI is InChI=1S/C24H16N2/c1-3-7-17(8-4-1)21-14-13-19-11-12-20-15-16-25-26-24(20)23(19)22(21)18-9-5-2-6-10-18/h1-16H. The van der Waals surface area contributed by atoms with Crippen molar-refractivity contribution in [2.75, 3.05) is 0 Å². The Morgan fingerprint density at radius 3 is 1.96 bits per heavy atom. The molecule has 0 aliphatic heterocycles. The van der Waals surface area contributed by atoms with Crippen molar-refractivity contribution >= 4 is 21.7 Å². The highest BCUT2D eigenvalue weighted by molar-refractivity contribution is 6.15. The van der Waals surface area contributed by atoms with Crippen LogP contribution in [-0.2, 0) is 0 Å². The lowest BCUT2D eigenvalue weighted by Crippen LogP contribution is -1.91. The summed E-state index contributed by atoms with van der Waals surface area (Å²) in [5, 5.41) is 12.1. The van der Waals surface area contributed by atoms with Crippen molar-refractivity contribution in [2.45, 2.75) is 0 Å². The summed E-state index contributed by atoms with van der Waals surface area (Å²) in [5.41, 5.74) is 5.76. The SMILES string of the molecule is c1ccc(-c2ccc3ccc4ccnnc4c3c2-c2ccccc2)cc1. The fourth-order valence-corrected chi connectivity index (χ4v) is 3.63. The number of aromatic nitrogens is 2. The Hall–Kier alpha value is -3.52. The minimum Gasteiger partial charge on any atom is -0.158 e. The molecule has 0 unspecified atom stereocenters. The average Bonchev–Trinajstić information content (AvgIpc) is 2.74. The smallest absolute Gasteiger partial charge is 0.101 e. The van der Waals surface area contributed by atoms with Crippen LogP contribution in [0.25, 0.3) is 43.9 Å². The molecule has 0 spiro atoms. The van der Waals surface area contributed by atoms with E-state index in [4.69, 9.17) is 0 Å². The van der Waals surface area contributed by atoms with Crippen LogP contribution >= 0.6 is 0 Å². The van der Waals surface area contributed by atoms with Gasteiger partial charge in [0.05, 0.1) is 6.20 Å². The highest BCUT2D eigenvalue weighted by Crippen LogP contribution is 2.40. The minimum absolute atomic E-state index is 0.946. The van der Waals surface area contributed by atoms with Crippen LogP contribution in [0.2, 0.25) is 0 Å². The van der Waals surface area contributed by atoms with Gasteiger partial charge in [0.2, 0.25) is 0 Å². The van der Waals surface area contributed by atoms with Crippen LogP contribution in [0, 0.1) is 0 Å². The molecule has 5 aromatic rings. The summed E-state index contributed by atoms with van der Waals surface area (Å²) >= 11 is 0. The fraction of sp³-hybridized carbons (Fsp3) is 0. The monoisotopic (exact) mass is 332 g/mol. The number of fused-ring (bicyclic) bond motifs is 3. The predicted octanol–water partition coefficient (Wildman–Crippen LogP) is 6.12. The van der Waals surface area contributed by atoms with Crippen LogP contribution in [0.3, 0.4) is 0 Å². The first-order valence-corrected chi connectivity index (χ1v) is 8.70. The molecular weight excluding hydrogens is 316 g/mol. The van der Waals surface area contributed by atoms with Crippen molar-refractivity contribution in [1.29, 1.82) is 0 Å². The van der Waals surface area contributed by atoms with Gasteiger partial charge in [0.25, 0.3) is 0 Å². The molecule has 0 fully saturated rings. The summed E-state index contributed by atoms with van der Waals surface area (Å²) in [6.07, 6.45) is 1.75. The van der Waals surface area contributed by atoms with Crippen molar-refractivity contribution in [3.8, 4) is 22.3 Å². The highest BCUT2D eigenvalue weighted by atomic mass is 15.1. The second-order valence-electron chi connectivity index (χ2n) is 6.35. The van der Waals surface area contributed by atoms with Gasteiger partial charge in [0, 0.05) is 10.8 Å². The van der Waals surface area contributed by atoms with E-state index in [9.17, 15) is 0 Å². The minimum atomic E-state index is 0.946. The van der Waals surface area contributed by atoms with Gasteiger partial charge in [-0.1, -0.05) is 84.9 Å². The molecule has 0 saturated heterocycles. The third-order valence-electron chi connectivity index (χ3n) is 4.82. The first-order valence-electron chi connectivity index (χ1n) is 8.70. The molecular formula is C24H16N2. The Morgan fingerprint density at radius 2 is 1.19 bits per heavy atom. The van der Waals surface area contributed by atoms with Crippen molar-refractivity contribution in [3.05, 3.63) is 97.2 Å². The Morgan fingerprint density at radius 1 is 0.538 bits per heavy atom. The maximum absolute atomic E-state index is 4.48. The van der Waals surface area contributed by atoms with E-state index in [2.05, 4.69) is 89.1 Å². The summed E-state index contributed by atoms with van der Waals surface area (Å²) in [6.45, 7) is 0. The number of hydrogen-bond acceptors (Lipinski definition) is 2. The highest BCUT2D eigenvalue weighted by Gasteiger charge is 2.14. The van der Waals surface area contributed by atoms with Crippen LogP contribution in [0.4, 0.5) is 0 Å². The third-order valence-corrected chi connectivity index (χ3v) is 4.82. The van der Waals surface area contributed by atoms with Gasteiger partial charge in [-0.2, -0.15) is 5.10 Å². The lowest BCUT2D eigenvalue weighted by Gasteiger charge is -2.15. The lowest BCUT2D eigenvalue weighted by molar-refractivity contribution is 1.08. The molecule has 2 nitrogen and oxygen atoms in total. The maximum atomic E-state index is 4.48. The van der Waals surface area contributed by atoms with Gasteiger partial charge in [-0.05, 0) is 33.7 Å². The molecule has 0 aliphatic rings. The van der Waals surface area contributed by atoms with Gasteiger partial charge >= 0.3 is 0 Å². The third kappa shape index (κ3) is 2.35. The quantitative estimate of drug-likeness (QED) is 0.364. The van der Waals surface area contributed by atoms with E-state index in [0.29, 0.717) is 0 Å². The van der Waals surface area contributed by atoms with E-state index >= 15 is 0 Å². The molecule has 1 heterocycles. The molecule has 26 heavy (non-hydrogen) atoms. The van der Waals surface area contributed by atoms with Crippen LogP contribution in [0.15, 0.2) is 97.2 Å². The zero-order valence-electron chi connectivity index (χ0n) is 14.1. The summed E-state index contributed by atoms with van der Waals surface area (Å²) < 4.78 is 0. The van der Waals surface area contributed by atoms with Gasteiger partial charge in [-0.3, -0.25) is 0 Å². The first kappa shape index (κ1) is 14.8. The van der Waals surface area contributed by atoms with E-state index in [1.807, 2.05) is 12.1 Å². The number of rotatable bonds is 2. The largest absolute Gasteiger partial charge is 0.158 e. The molecule has 0 saturated carbocycles. The Balaban J connectivity index is 1.99. The van der Waals surface area contributed by atoms with Crippen molar-refractivity contribution in [2.24, 2.45) is 0 Å². The average molecular weight is 332 g/mol. The summed E-state index contributed by atoms with van der Waals surface area (Å²) in [4.78, 5) is 0. The van der Waals surface area contributed by atoms with Gasteiger partial charge in [0.15, 0.2) is 0 Å². The van der Waals surface area contributed by atoms with Crippen molar-refractivity contribution in [1.82, 2.24) is 10.2 Å². The van der Waals surface area contributed by atoms with Crippen LogP contribution in [0.5, 0.6) is 0 Å². The zero-order valence-corrected chi connectivity index (χ0v) is 14.1. The van der Waals surface area contributed by atoms with Gasteiger partial charge < -0.3 is 0 Å². The molecule has 122 valence electrons. The van der Waals surface area contributed by atoms with Gasteiger partial charge in [0.1, 0.15) is 5.52 Å². The summed E-state index contributed by atoms with van der Waals surface area (Å²) in [6, 6.07) is 31.8. The summed E-state index contributed by atoms with van der Waals surface area (Å²) in [5.74, 6) is 0. The Labute approximate surface area is 151 Å². The second kappa shape index (κ2) is 6.08. The summed E-state index contributed by atoms with van der Waals surface area (Å²) in [7, 11) is 0. The Bertz CT molecular complexity index is 1210. The van der Waals surface area contributed by atoms with Crippen LogP contribution in [-0.4, -0.2) is 10.2 Å². The van der Waals surface area contributed by atoms with E-state index in [-0.39, 0.29) is 0 Å². The van der Waals surface area contributed by atoms with Crippen molar-refractivity contribution < 1.29 is 0 Å². The lowest BCUT2D eigenvalue weighted by atomic mass is 9.89. The van der Waals surface area contributed by atoms with Crippen molar-refractivity contribution in [3.63, 3.8) is 0 Å². The molecule has 0 bridgehead atoms. The number of nitrogens with zero attached hydrogens (tertiary/aromatic N) is 2. The van der Waals surface area contributed by atoms with Crippen LogP contribution in [0.1, 0.15) is 0 Å². The second-order valence-corrected chi connectivity index (χ2v) is 6.35. The topological polar surface area (TPSA) is 25.8 Å². The first-order chi connectivity index (χ1) is 12.9. The molecule has 0 atom stereocenters. The number of hydrogen-bond donors (Lipinski definition) is 0. The molecule has 1 aromatic heterocycles. The van der Waals surface area contributed by atoms with Gasteiger partial charge in [-0.15, -0.1) is 5.10 Å². The van der Waals surface area contributed by atoms with E-state index in [1.165, 1.54) is 27.6 Å². The predicted molar refractivity (Wildman–Crippen MR) is 108 cm³/mol. The molecule has 0 amide bonds. The van der Waals surface area contributed by atoms with Gasteiger partial charge in [-0.25, -0.2) is 0 Å².